The van der Waals surface area contributed by atoms with E-state index in [4.69, 9.17) is 0 Å². The predicted octanol–water partition coefficient (Wildman–Crippen LogP) is 4.45. The number of rotatable bonds is 3. The maximum atomic E-state index is 2.34. The number of hydrogen-bond donors (Lipinski definition) is 0. The Kier molecular flexibility index (Phi) is 3.81. The Bertz CT molecular complexity index is 123. The van der Waals surface area contributed by atoms with Crippen molar-refractivity contribution in [3.05, 3.63) is 5.92 Å². The summed E-state index contributed by atoms with van der Waals surface area (Å²) in [5, 5.41) is 0. The van der Waals surface area contributed by atoms with E-state index in [0.29, 0.717) is 10.8 Å². The molecule has 0 unspecified atom stereocenters. The molecule has 0 amide bonds. The van der Waals surface area contributed by atoms with Crippen molar-refractivity contribution in [2.75, 3.05) is 0 Å². The molecule has 0 aromatic heterocycles. The van der Waals surface area contributed by atoms with Gasteiger partial charge >= 0.3 is 0 Å². The molecule has 0 fully saturated rings. The van der Waals surface area contributed by atoms with Gasteiger partial charge in [0.25, 0.3) is 0 Å². The molecule has 0 heterocycles. The zero-order valence-electron chi connectivity index (χ0n) is 9.91. The van der Waals surface area contributed by atoms with E-state index in [1.54, 1.807) is 5.92 Å². The highest BCUT2D eigenvalue weighted by atomic mass is 14.3. The quantitative estimate of drug-likeness (QED) is 0.585. The first-order valence-corrected chi connectivity index (χ1v) is 4.96. The molecule has 0 nitrogen and oxygen atoms in total. The fraction of sp³-hybridized carbons (Fsp3) is 0.917. The third kappa shape index (κ3) is 4.79. The molecular formula is C12H25. The van der Waals surface area contributed by atoms with E-state index in [-0.39, 0.29) is 0 Å². The van der Waals surface area contributed by atoms with E-state index < -0.39 is 0 Å². The van der Waals surface area contributed by atoms with Gasteiger partial charge in [0.2, 0.25) is 0 Å². The highest BCUT2D eigenvalue weighted by Crippen LogP contribution is 2.36. The van der Waals surface area contributed by atoms with Crippen LogP contribution in [0.5, 0.6) is 0 Å². The monoisotopic (exact) mass is 169 g/mol. The Hall–Kier alpha value is 0. The zero-order chi connectivity index (χ0) is 9.99. The summed E-state index contributed by atoms with van der Waals surface area (Å²) in [6, 6.07) is 0. The lowest BCUT2D eigenvalue weighted by atomic mass is 9.74. The molecule has 1 radical (unpaired) electrons. The first kappa shape index (κ1) is 12.0. The molecule has 0 saturated carbocycles. The van der Waals surface area contributed by atoms with Crippen LogP contribution in [0.3, 0.4) is 0 Å². The Balaban J connectivity index is 3.93. The van der Waals surface area contributed by atoms with Crippen LogP contribution < -0.4 is 0 Å². The minimum Gasteiger partial charge on any atom is -0.0602 e. The topological polar surface area (TPSA) is 0 Å². The van der Waals surface area contributed by atoms with Gasteiger partial charge in [-0.05, 0) is 29.6 Å². The molecule has 0 saturated heterocycles. The van der Waals surface area contributed by atoms with Crippen LogP contribution in [0.15, 0.2) is 0 Å². The third-order valence-electron chi connectivity index (χ3n) is 2.85. The van der Waals surface area contributed by atoms with Crippen LogP contribution in [0.1, 0.15) is 61.3 Å². The Morgan fingerprint density at radius 2 is 1.25 bits per heavy atom. The summed E-state index contributed by atoms with van der Waals surface area (Å²) < 4.78 is 0. The van der Waals surface area contributed by atoms with Gasteiger partial charge in [0.15, 0.2) is 0 Å². The molecule has 0 rings (SSSR count). The minimum atomic E-state index is 0.424. The van der Waals surface area contributed by atoms with Gasteiger partial charge in [-0.1, -0.05) is 48.5 Å². The highest BCUT2D eigenvalue weighted by molar-refractivity contribution is 4.95. The lowest BCUT2D eigenvalue weighted by Crippen LogP contribution is -2.20. The maximum Gasteiger partial charge on any atom is -0.0247 e. The van der Waals surface area contributed by atoms with Gasteiger partial charge < -0.3 is 0 Å². The van der Waals surface area contributed by atoms with Crippen LogP contribution in [0.2, 0.25) is 0 Å². The summed E-state index contributed by atoms with van der Waals surface area (Å²) in [5.74, 6) is 1.55. The van der Waals surface area contributed by atoms with Crippen molar-refractivity contribution in [2.24, 2.45) is 10.8 Å². The highest BCUT2D eigenvalue weighted by Gasteiger charge is 2.24. The van der Waals surface area contributed by atoms with E-state index in [2.05, 4.69) is 48.5 Å². The van der Waals surface area contributed by atoms with Gasteiger partial charge in [-0.25, -0.2) is 0 Å². The standard InChI is InChI=1S/C12H25/c1-10(2)12(6,7)9-8-11(3,4)5/h8-9H2,1-7H3. The molecule has 0 aliphatic heterocycles. The van der Waals surface area contributed by atoms with Crippen molar-refractivity contribution in [3.63, 3.8) is 0 Å². The summed E-state index contributed by atoms with van der Waals surface area (Å²) in [7, 11) is 0. The van der Waals surface area contributed by atoms with Crippen LogP contribution in [-0.4, -0.2) is 0 Å². The predicted molar refractivity (Wildman–Crippen MR) is 57.1 cm³/mol. The molecule has 0 aliphatic carbocycles. The molecular weight excluding hydrogens is 144 g/mol. The fourth-order valence-corrected chi connectivity index (χ4v) is 0.937. The number of hydrogen-bond acceptors (Lipinski definition) is 0. The van der Waals surface area contributed by atoms with Gasteiger partial charge in [0.05, 0.1) is 0 Å². The van der Waals surface area contributed by atoms with Crippen LogP contribution in [-0.2, 0) is 0 Å². The second-order valence-electron chi connectivity index (χ2n) is 5.94. The van der Waals surface area contributed by atoms with E-state index in [1.165, 1.54) is 12.8 Å². The van der Waals surface area contributed by atoms with Gasteiger partial charge in [-0.3, -0.25) is 0 Å². The molecule has 0 aromatic rings. The van der Waals surface area contributed by atoms with Crippen LogP contribution in [0.4, 0.5) is 0 Å². The summed E-state index contributed by atoms with van der Waals surface area (Å²) in [4.78, 5) is 0. The Morgan fingerprint density at radius 3 is 1.50 bits per heavy atom. The normalized spacial score (nSPS) is 14.0. The second-order valence-corrected chi connectivity index (χ2v) is 5.94. The molecule has 0 N–H and O–H groups in total. The molecule has 73 valence electrons. The van der Waals surface area contributed by atoms with Crippen LogP contribution in [0, 0.1) is 16.7 Å². The molecule has 0 bridgehead atoms. The Labute approximate surface area is 78.8 Å². The third-order valence-corrected chi connectivity index (χ3v) is 2.85. The zero-order valence-corrected chi connectivity index (χ0v) is 9.91. The molecule has 0 aromatic carbocycles. The summed E-state index contributed by atoms with van der Waals surface area (Å²) >= 11 is 0. The van der Waals surface area contributed by atoms with Gasteiger partial charge in [-0.15, -0.1) is 0 Å². The first-order chi connectivity index (χ1) is 5.15. The molecule has 0 aliphatic rings. The second kappa shape index (κ2) is 3.81. The molecule has 12 heavy (non-hydrogen) atoms. The van der Waals surface area contributed by atoms with E-state index in [9.17, 15) is 0 Å². The van der Waals surface area contributed by atoms with Crippen molar-refractivity contribution in [1.82, 2.24) is 0 Å². The summed E-state index contributed by atoms with van der Waals surface area (Å²) in [6.07, 6.45) is 2.62. The summed E-state index contributed by atoms with van der Waals surface area (Å²) in [5.41, 5.74) is 0.903. The molecule has 0 spiro atoms. The van der Waals surface area contributed by atoms with E-state index in [0.717, 1.165) is 0 Å². The average molecular weight is 169 g/mol. The van der Waals surface area contributed by atoms with E-state index in [1.807, 2.05) is 0 Å². The van der Waals surface area contributed by atoms with Crippen LogP contribution >= 0.6 is 0 Å². The average Bonchev–Trinajstić information content (AvgIpc) is 1.82. The molecule has 0 heteroatoms. The minimum absolute atomic E-state index is 0.424. The van der Waals surface area contributed by atoms with E-state index >= 15 is 0 Å². The SMILES string of the molecule is C[C](C)C(C)(C)CCC(C)(C)C. The van der Waals surface area contributed by atoms with Crippen molar-refractivity contribution < 1.29 is 0 Å². The smallest absolute Gasteiger partial charge is 0.0247 e. The largest absolute Gasteiger partial charge is 0.0602 e. The van der Waals surface area contributed by atoms with Gasteiger partial charge in [-0.2, -0.15) is 0 Å². The lowest BCUT2D eigenvalue weighted by Gasteiger charge is -2.32. The van der Waals surface area contributed by atoms with Crippen molar-refractivity contribution in [3.8, 4) is 0 Å². The summed E-state index contributed by atoms with van der Waals surface area (Å²) in [6.45, 7) is 16.1. The molecule has 0 atom stereocenters. The van der Waals surface area contributed by atoms with Crippen molar-refractivity contribution in [2.45, 2.75) is 61.3 Å². The van der Waals surface area contributed by atoms with Gasteiger partial charge in [0, 0.05) is 0 Å². The maximum absolute atomic E-state index is 2.34. The fourth-order valence-electron chi connectivity index (χ4n) is 0.937. The van der Waals surface area contributed by atoms with Crippen molar-refractivity contribution >= 4 is 0 Å². The van der Waals surface area contributed by atoms with Crippen molar-refractivity contribution in [1.29, 1.82) is 0 Å². The first-order valence-electron chi connectivity index (χ1n) is 4.96. The lowest BCUT2D eigenvalue weighted by molar-refractivity contribution is 0.267. The van der Waals surface area contributed by atoms with Gasteiger partial charge in [0.1, 0.15) is 0 Å². The Morgan fingerprint density at radius 1 is 0.833 bits per heavy atom. The van der Waals surface area contributed by atoms with Crippen LogP contribution in [0.25, 0.3) is 0 Å².